The Morgan fingerprint density at radius 2 is 2.10 bits per heavy atom. The molecule has 0 aliphatic carbocycles. The standard InChI is InChI=1S/C14H15BrN2O3S/c1-10(11-4-3-7-16-9-11)17-21(18,19)14-8-12(15)5-6-13(14)20-2/h3-10,17H,1-2H3. The summed E-state index contributed by atoms with van der Waals surface area (Å²) in [6.45, 7) is 1.76. The second-order valence-electron chi connectivity index (χ2n) is 4.42. The number of halogens is 1. The maximum absolute atomic E-state index is 12.5. The van der Waals surface area contributed by atoms with Crippen molar-refractivity contribution in [1.82, 2.24) is 9.71 Å². The van der Waals surface area contributed by atoms with Crippen molar-refractivity contribution in [3.05, 3.63) is 52.8 Å². The van der Waals surface area contributed by atoms with Crippen LogP contribution in [0.1, 0.15) is 18.5 Å². The molecule has 112 valence electrons. The fourth-order valence-electron chi connectivity index (χ4n) is 1.86. The first kappa shape index (κ1) is 15.9. The zero-order valence-corrected chi connectivity index (χ0v) is 14.0. The van der Waals surface area contributed by atoms with Gasteiger partial charge in [-0.05, 0) is 36.8 Å². The summed E-state index contributed by atoms with van der Waals surface area (Å²) in [5.41, 5.74) is 0.787. The average molecular weight is 371 g/mol. The number of nitrogens with zero attached hydrogens (tertiary/aromatic N) is 1. The SMILES string of the molecule is COc1ccc(Br)cc1S(=O)(=O)NC(C)c1cccnc1. The van der Waals surface area contributed by atoms with E-state index in [9.17, 15) is 8.42 Å². The first-order valence-electron chi connectivity index (χ1n) is 6.20. The molecule has 0 fully saturated rings. The summed E-state index contributed by atoms with van der Waals surface area (Å²) in [5.74, 6) is 0.295. The summed E-state index contributed by atoms with van der Waals surface area (Å²) in [7, 11) is -2.27. The molecule has 1 unspecified atom stereocenters. The van der Waals surface area contributed by atoms with E-state index in [2.05, 4.69) is 25.6 Å². The van der Waals surface area contributed by atoms with E-state index in [-0.39, 0.29) is 4.90 Å². The van der Waals surface area contributed by atoms with Crippen molar-refractivity contribution < 1.29 is 13.2 Å². The van der Waals surface area contributed by atoms with E-state index in [1.165, 1.54) is 13.2 Å². The first-order chi connectivity index (χ1) is 9.94. The van der Waals surface area contributed by atoms with Crippen molar-refractivity contribution in [3.63, 3.8) is 0 Å². The number of hydrogen-bond donors (Lipinski definition) is 1. The molecule has 1 atom stereocenters. The number of rotatable bonds is 5. The molecule has 2 aromatic rings. The summed E-state index contributed by atoms with van der Waals surface area (Å²) < 4.78 is 33.4. The van der Waals surface area contributed by atoms with Crippen LogP contribution < -0.4 is 9.46 Å². The number of benzene rings is 1. The molecule has 0 amide bonds. The highest BCUT2D eigenvalue weighted by molar-refractivity contribution is 9.10. The number of hydrogen-bond acceptors (Lipinski definition) is 4. The number of ether oxygens (including phenoxy) is 1. The van der Waals surface area contributed by atoms with Gasteiger partial charge in [-0.3, -0.25) is 4.98 Å². The van der Waals surface area contributed by atoms with Gasteiger partial charge in [0.25, 0.3) is 0 Å². The van der Waals surface area contributed by atoms with Gasteiger partial charge in [0.05, 0.1) is 7.11 Å². The molecule has 5 nitrogen and oxygen atoms in total. The van der Waals surface area contributed by atoms with Crippen molar-refractivity contribution in [3.8, 4) is 5.75 Å². The van der Waals surface area contributed by atoms with E-state index in [1.807, 2.05) is 6.07 Å². The normalized spacial score (nSPS) is 12.9. The van der Waals surface area contributed by atoms with Gasteiger partial charge in [-0.25, -0.2) is 13.1 Å². The Kier molecular flexibility index (Phi) is 4.97. The van der Waals surface area contributed by atoms with E-state index in [0.717, 1.165) is 5.56 Å². The van der Waals surface area contributed by atoms with E-state index in [1.54, 1.807) is 37.5 Å². The van der Waals surface area contributed by atoms with Crippen molar-refractivity contribution in [1.29, 1.82) is 0 Å². The van der Waals surface area contributed by atoms with Crippen LogP contribution in [-0.2, 0) is 10.0 Å². The highest BCUT2D eigenvalue weighted by Crippen LogP contribution is 2.28. The van der Waals surface area contributed by atoms with Crippen molar-refractivity contribution in [2.24, 2.45) is 0 Å². The summed E-state index contributed by atoms with van der Waals surface area (Å²) in [5, 5.41) is 0. The second kappa shape index (κ2) is 6.55. The molecule has 0 bridgehead atoms. The van der Waals surface area contributed by atoms with Crippen LogP contribution >= 0.6 is 15.9 Å². The molecule has 1 aromatic heterocycles. The molecule has 1 heterocycles. The predicted octanol–water partition coefficient (Wildman–Crippen LogP) is 2.89. The predicted molar refractivity (Wildman–Crippen MR) is 83.7 cm³/mol. The lowest BCUT2D eigenvalue weighted by atomic mass is 10.2. The lowest BCUT2D eigenvalue weighted by Gasteiger charge is -2.16. The van der Waals surface area contributed by atoms with Gasteiger partial charge in [0, 0.05) is 22.9 Å². The Balaban J connectivity index is 2.33. The Hall–Kier alpha value is -1.44. The van der Waals surface area contributed by atoms with Crippen LogP contribution in [0.25, 0.3) is 0 Å². The van der Waals surface area contributed by atoms with E-state index in [4.69, 9.17) is 4.74 Å². The van der Waals surface area contributed by atoms with Crippen LogP contribution in [0.4, 0.5) is 0 Å². The summed E-state index contributed by atoms with van der Waals surface area (Å²) >= 11 is 3.27. The first-order valence-corrected chi connectivity index (χ1v) is 8.47. The molecular weight excluding hydrogens is 356 g/mol. The molecule has 1 N–H and O–H groups in total. The van der Waals surface area contributed by atoms with Crippen LogP contribution in [0.2, 0.25) is 0 Å². The van der Waals surface area contributed by atoms with E-state index < -0.39 is 16.1 Å². The second-order valence-corrected chi connectivity index (χ2v) is 7.02. The van der Waals surface area contributed by atoms with Crippen LogP contribution in [0.15, 0.2) is 52.1 Å². The summed E-state index contributed by atoms with van der Waals surface area (Å²) in [6, 6.07) is 8.03. The number of aromatic nitrogens is 1. The maximum Gasteiger partial charge on any atom is 0.244 e. The average Bonchev–Trinajstić information content (AvgIpc) is 2.47. The largest absolute Gasteiger partial charge is 0.495 e. The van der Waals surface area contributed by atoms with Gasteiger partial charge >= 0.3 is 0 Å². The molecule has 2 rings (SSSR count). The van der Waals surface area contributed by atoms with Gasteiger partial charge in [0.2, 0.25) is 10.0 Å². The minimum absolute atomic E-state index is 0.0927. The molecule has 0 saturated heterocycles. The van der Waals surface area contributed by atoms with E-state index >= 15 is 0 Å². The molecule has 1 aromatic carbocycles. The smallest absolute Gasteiger partial charge is 0.244 e. The summed E-state index contributed by atoms with van der Waals surface area (Å²) in [4.78, 5) is 4.08. The molecule has 0 spiro atoms. The van der Waals surface area contributed by atoms with Crippen LogP contribution in [-0.4, -0.2) is 20.5 Å². The number of methoxy groups -OCH3 is 1. The maximum atomic E-state index is 12.5. The third-order valence-electron chi connectivity index (χ3n) is 2.93. The van der Waals surface area contributed by atoms with Gasteiger partial charge in [-0.15, -0.1) is 0 Å². The Bertz CT molecular complexity index is 720. The third kappa shape index (κ3) is 3.81. The number of pyridine rings is 1. The fourth-order valence-corrected chi connectivity index (χ4v) is 3.80. The van der Waals surface area contributed by atoms with Gasteiger partial charge in [-0.2, -0.15) is 0 Å². The zero-order chi connectivity index (χ0) is 15.5. The zero-order valence-electron chi connectivity index (χ0n) is 11.6. The minimum Gasteiger partial charge on any atom is -0.495 e. The molecule has 0 aliphatic heterocycles. The minimum atomic E-state index is -3.71. The summed E-state index contributed by atoms with van der Waals surface area (Å²) in [6.07, 6.45) is 3.27. The van der Waals surface area contributed by atoms with Gasteiger partial charge in [-0.1, -0.05) is 22.0 Å². The highest BCUT2D eigenvalue weighted by Gasteiger charge is 2.22. The fraction of sp³-hybridized carbons (Fsp3) is 0.214. The van der Waals surface area contributed by atoms with Gasteiger partial charge in [0.1, 0.15) is 10.6 Å². The Morgan fingerprint density at radius 3 is 2.71 bits per heavy atom. The molecular formula is C14H15BrN2O3S. The molecule has 21 heavy (non-hydrogen) atoms. The molecule has 0 saturated carbocycles. The monoisotopic (exact) mass is 370 g/mol. The lowest BCUT2D eigenvalue weighted by Crippen LogP contribution is -2.27. The Labute approximate surface area is 132 Å². The molecule has 0 radical (unpaired) electrons. The molecule has 7 heteroatoms. The third-order valence-corrected chi connectivity index (χ3v) is 4.99. The highest BCUT2D eigenvalue weighted by atomic mass is 79.9. The number of nitrogens with one attached hydrogen (secondary N) is 1. The van der Waals surface area contributed by atoms with Crippen molar-refractivity contribution >= 4 is 26.0 Å². The topological polar surface area (TPSA) is 68.3 Å². The van der Waals surface area contributed by atoms with Crippen molar-refractivity contribution in [2.45, 2.75) is 17.9 Å². The van der Waals surface area contributed by atoms with Crippen molar-refractivity contribution in [2.75, 3.05) is 7.11 Å². The van der Waals surface area contributed by atoms with E-state index in [0.29, 0.717) is 10.2 Å². The number of sulfonamides is 1. The van der Waals surface area contributed by atoms with Crippen LogP contribution in [0.5, 0.6) is 5.75 Å². The quantitative estimate of drug-likeness (QED) is 0.878. The van der Waals surface area contributed by atoms with Gasteiger partial charge < -0.3 is 4.74 Å². The Morgan fingerprint density at radius 1 is 1.33 bits per heavy atom. The van der Waals surface area contributed by atoms with Crippen LogP contribution in [0, 0.1) is 0 Å². The molecule has 0 aliphatic rings. The van der Waals surface area contributed by atoms with Crippen LogP contribution in [0.3, 0.4) is 0 Å². The lowest BCUT2D eigenvalue weighted by molar-refractivity contribution is 0.402. The van der Waals surface area contributed by atoms with Gasteiger partial charge in [0.15, 0.2) is 0 Å².